The Labute approximate surface area is 107 Å². The van der Waals surface area contributed by atoms with Crippen LogP contribution in [-0.4, -0.2) is 37.3 Å². The van der Waals surface area contributed by atoms with E-state index in [-0.39, 0.29) is 0 Å². The van der Waals surface area contributed by atoms with Crippen molar-refractivity contribution in [2.45, 2.75) is 13.0 Å². The lowest BCUT2D eigenvalue weighted by Crippen LogP contribution is -2.41. The summed E-state index contributed by atoms with van der Waals surface area (Å²) in [7, 11) is 0. The Balaban J connectivity index is 1.88. The van der Waals surface area contributed by atoms with E-state index in [1.54, 1.807) is 0 Å². The summed E-state index contributed by atoms with van der Waals surface area (Å²) in [6.45, 7) is 4.43. The number of hydrogen-bond acceptors (Lipinski definition) is 4. The average molecular weight is 253 g/mol. The Morgan fingerprint density at radius 3 is 2.71 bits per heavy atom. The van der Waals surface area contributed by atoms with Gasteiger partial charge in [0.2, 0.25) is 0 Å². The molecule has 0 radical (unpaired) electrons. The lowest BCUT2D eigenvalue weighted by Gasteiger charge is -2.23. The van der Waals surface area contributed by atoms with Gasteiger partial charge in [0.15, 0.2) is 11.5 Å². The Hall–Kier alpha value is -0.870. The molecule has 0 saturated carbocycles. The second-order valence-corrected chi connectivity index (χ2v) is 5.07. The number of nitrogens with one attached hydrogen (secondary N) is 1. The third-order valence-corrected chi connectivity index (χ3v) is 3.72. The molecule has 4 heteroatoms. The Morgan fingerprint density at radius 1 is 1.29 bits per heavy atom. The number of thioether (sulfide) groups is 1. The SMILES string of the molecule is CCOc1ccccc1OCC1CSCCN1. The predicted molar refractivity (Wildman–Crippen MR) is 72.2 cm³/mol. The molecule has 94 valence electrons. The van der Waals surface area contributed by atoms with Gasteiger partial charge in [0.1, 0.15) is 6.61 Å². The van der Waals surface area contributed by atoms with Crippen molar-refractivity contribution in [3.05, 3.63) is 24.3 Å². The number of ether oxygens (including phenoxy) is 2. The van der Waals surface area contributed by atoms with Crippen molar-refractivity contribution in [3.8, 4) is 11.5 Å². The minimum atomic E-state index is 0.448. The lowest BCUT2D eigenvalue weighted by molar-refractivity contribution is 0.252. The van der Waals surface area contributed by atoms with Crippen LogP contribution in [0.3, 0.4) is 0 Å². The molecule has 0 aromatic heterocycles. The number of para-hydroxylation sites is 2. The van der Waals surface area contributed by atoms with Crippen LogP contribution >= 0.6 is 11.8 Å². The molecular weight excluding hydrogens is 234 g/mol. The first-order valence-corrected chi connectivity index (χ1v) is 7.21. The molecule has 1 saturated heterocycles. The van der Waals surface area contributed by atoms with Crippen molar-refractivity contribution in [1.29, 1.82) is 0 Å². The molecule has 1 fully saturated rings. The van der Waals surface area contributed by atoms with Crippen LogP contribution in [0.2, 0.25) is 0 Å². The maximum Gasteiger partial charge on any atom is 0.161 e. The average Bonchev–Trinajstić information content (AvgIpc) is 2.39. The maximum absolute atomic E-state index is 5.83. The molecule has 1 atom stereocenters. The molecule has 1 aliphatic rings. The molecule has 1 N–H and O–H groups in total. The first-order valence-electron chi connectivity index (χ1n) is 6.06. The standard InChI is InChI=1S/C13H19NO2S/c1-2-15-12-5-3-4-6-13(12)16-9-11-10-17-8-7-14-11/h3-6,11,14H,2,7-10H2,1H3. The van der Waals surface area contributed by atoms with Crippen LogP contribution in [-0.2, 0) is 0 Å². The lowest BCUT2D eigenvalue weighted by atomic mass is 10.3. The Morgan fingerprint density at radius 2 is 2.06 bits per heavy atom. The van der Waals surface area contributed by atoms with E-state index < -0.39 is 0 Å². The summed E-state index contributed by atoms with van der Waals surface area (Å²) in [5.74, 6) is 3.99. The molecule has 1 aromatic rings. The van der Waals surface area contributed by atoms with Crippen molar-refractivity contribution in [3.63, 3.8) is 0 Å². The summed E-state index contributed by atoms with van der Waals surface area (Å²) in [4.78, 5) is 0. The van der Waals surface area contributed by atoms with Gasteiger partial charge in [-0.25, -0.2) is 0 Å². The largest absolute Gasteiger partial charge is 0.490 e. The topological polar surface area (TPSA) is 30.5 Å². The molecule has 17 heavy (non-hydrogen) atoms. The van der Waals surface area contributed by atoms with E-state index in [9.17, 15) is 0 Å². The van der Waals surface area contributed by atoms with Crippen molar-refractivity contribution < 1.29 is 9.47 Å². The van der Waals surface area contributed by atoms with Gasteiger partial charge in [-0.1, -0.05) is 12.1 Å². The zero-order chi connectivity index (χ0) is 11.9. The van der Waals surface area contributed by atoms with E-state index in [0.717, 1.165) is 23.8 Å². The van der Waals surface area contributed by atoms with Gasteiger partial charge >= 0.3 is 0 Å². The van der Waals surface area contributed by atoms with Crippen LogP contribution in [0, 0.1) is 0 Å². The molecular formula is C13H19NO2S. The highest BCUT2D eigenvalue weighted by Crippen LogP contribution is 2.26. The molecule has 0 spiro atoms. The maximum atomic E-state index is 5.83. The van der Waals surface area contributed by atoms with Gasteiger partial charge in [0.25, 0.3) is 0 Å². The highest BCUT2D eigenvalue weighted by Gasteiger charge is 2.14. The van der Waals surface area contributed by atoms with Crippen LogP contribution in [0.4, 0.5) is 0 Å². The monoisotopic (exact) mass is 253 g/mol. The van der Waals surface area contributed by atoms with Crippen LogP contribution < -0.4 is 14.8 Å². The second-order valence-electron chi connectivity index (χ2n) is 3.92. The van der Waals surface area contributed by atoms with E-state index in [0.29, 0.717) is 19.3 Å². The van der Waals surface area contributed by atoms with Crippen molar-refractivity contribution in [2.24, 2.45) is 0 Å². The first kappa shape index (κ1) is 12.6. The van der Waals surface area contributed by atoms with Crippen LogP contribution in [0.25, 0.3) is 0 Å². The van der Waals surface area contributed by atoms with Crippen molar-refractivity contribution in [1.82, 2.24) is 5.32 Å². The summed E-state index contributed by atoms with van der Waals surface area (Å²) in [6, 6.07) is 8.29. The molecule has 1 unspecified atom stereocenters. The van der Waals surface area contributed by atoms with E-state index in [1.165, 1.54) is 5.75 Å². The zero-order valence-electron chi connectivity index (χ0n) is 10.1. The molecule has 0 bridgehead atoms. The highest BCUT2D eigenvalue weighted by atomic mass is 32.2. The van der Waals surface area contributed by atoms with E-state index >= 15 is 0 Å². The predicted octanol–water partition coefficient (Wildman–Crippen LogP) is 2.17. The Kier molecular flexibility index (Phi) is 5.01. The summed E-state index contributed by atoms with van der Waals surface area (Å²) < 4.78 is 11.4. The van der Waals surface area contributed by atoms with Gasteiger partial charge in [0, 0.05) is 18.1 Å². The summed E-state index contributed by atoms with van der Waals surface area (Å²) in [5.41, 5.74) is 0. The van der Waals surface area contributed by atoms with Gasteiger partial charge in [-0.05, 0) is 19.1 Å². The molecule has 1 aliphatic heterocycles. The fourth-order valence-electron chi connectivity index (χ4n) is 1.76. The minimum Gasteiger partial charge on any atom is -0.490 e. The fraction of sp³-hybridized carbons (Fsp3) is 0.538. The van der Waals surface area contributed by atoms with Crippen LogP contribution in [0.5, 0.6) is 11.5 Å². The fourth-order valence-corrected chi connectivity index (χ4v) is 2.69. The minimum absolute atomic E-state index is 0.448. The van der Waals surface area contributed by atoms with Gasteiger partial charge in [-0.3, -0.25) is 0 Å². The smallest absolute Gasteiger partial charge is 0.161 e. The second kappa shape index (κ2) is 6.77. The number of rotatable bonds is 5. The zero-order valence-corrected chi connectivity index (χ0v) is 11.0. The quantitative estimate of drug-likeness (QED) is 0.871. The highest BCUT2D eigenvalue weighted by molar-refractivity contribution is 7.99. The third-order valence-electron chi connectivity index (χ3n) is 2.59. The van der Waals surface area contributed by atoms with E-state index in [2.05, 4.69) is 5.32 Å². The summed E-state index contributed by atoms with van der Waals surface area (Å²) in [6.07, 6.45) is 0. The van der Waals surface area contributed by atoms with E-state index in [4.69, 9.17) is 9.47 Å². The first-order chi connectivity index (χ1) is 8.40. The molecule has 1 heterocycles. The van der Waals surface area contributed by atoms with Crippen LogP contribution in [0.1, 0.15) is 6.92 Å². The number of hydrogen-bond donors (Lipinski definition) is 1. The molecule has 2 rings (SSSR count). The number of benzene rings is 1. The van der Waals surface area contributed by atoms with Gasteiger partial charge in [-0.2, -0.15) is 11.8 Å². The summed E-state index contributed by atoms with van der Waals surface area (Å²) >= 11 is 1.98. The third kappa shape index (κ3) is 3.82. The summed E-state index contributed by atoms with van der Waals surface area (Å²) in [5, 5.41) is 3.45. The van der Waals surface area contributed by atoms with Crippen LogP contribution in [0.15, 0.2) is 24.3 Å². The van der Waals surface area contributed by atoms with Gasteiger partial charge in [-0.15, -0.1) is 0 Å². The van der Waals surface area contributed by atoms with Crippen molar-refractivity contribution in [2.75, 3.05) is 31.3 Å². The van der Waals surface area contributed by atoms with Gasteiger partial charge in [0.05, 0.1) is 12.6 Å². The molecule has 0 amide bonds. The van der Waals surface area contributed by atoms with Gasteiger partial charge < -0.3 is 14.8 Å². The molecule has 0 aliphatic carbocycles. The Bertz CT molecular complexity index is 340. The van der Waals surface area contributed by atoms with E-state index in [1.807, 2.05) is 43.0 Å². The molecule has 1 aromatic carbocycles. The normalized spacial score (nSPS) is 19.9. The molecule has 3 nitrogen and oxygen atoms in total. The van der Waals surface area contributed by atoms with Crippen molar-refractivity contribution >= 4 is 11.8 Å².